The highest BCUT2D eigenvalue weighted by Gasteiger charge is 2.38. The molecule has 1 fully saturated rings. The number of benzene rings is 2. The molecule has 0 aromatic heterocycles. The Hall–Kier alpha value is -1.51. The molecule has 9 heteroatoms. The van der Waals surface area contributed by atoms with E-state index < -0.39 is 28.5 Å². The highest BCUT2D eigenvalue weighted by atomic mass is 35.5. The molecular weight excluding hydrogens is 442 g/mol. The molecule has 1 aliphatic heterocycles. The van der Waals surface area contributed by atoms with Gasteiger partial charge in [0.2, 0.25) is 0 Å². The van der Waals surface area contributed by atoms with E-state index in [-0.39, 0.29) is 25.0 Å². The van der Waals surface area contributed by atoms with Crippen LogP contribution in [0.5, 0.6) is 5.75 Å². The molecule has 0 radical (unpaired) electrons. The number of alkyl halides is 3. The summed E-state index contributed by atoms with van der Waals surface area (Å²) in [5.41, 5.74) is -2.12. The lowest BCUT2D eigenvalue weighted by Crippen LogP contribution is -2.46. The van der Waals surface area contributed by atoms with Gasteiger partial charge in [-0.05, 0) is 54.8 Å². The van der Waals surface area contributed by atoms with E-state index in [4.69, 9.17) is 27.9 Å². The van der Waals surface area contributed by atoms with Crippen LogP contribution >= 0.6 is 23.2 Å². The normalized spacial score (nSPS) is 18.2. The Kier molecular flexibility index (Phi) is 7.20. The van der Waals surface area contributed by atoms with Gasteiger partial charge >= 0.3 is 6.18 Å². The number of aliphatic hydroxyl groups is 2. The maximum atomic E-state index is 13.1. The molecule has 0 spiro atoms. The fourth-order valence-electron chi connectivity index (χ4n) is 3.50. The van der Waals surface area contributed by atoms with Crippen molar-refractivity contribution in [3.8, 4) is 5.75 Å². The molecule has 164 valence electrons. The summed E-state index contributed by atoms with van der Waals surface area (Å²) in [6.45, 7) is 1.28. The number of hydrogen-bond acceptors (Lipinski definition) is 4. The van der Waals surface area contributed by atoms with Crippen molar-refractivity contribution in [2.24, 2.45) is 0 Å². The summed E-state index contributed by atoms with van der Waals surface area (Å²) >= 11 is 11.5. The third kappa shape index (κ3) is 5.80. The molecule has 2 aromatic carbocycles. The summed E-state index contributed by atoms with van der Waals surface area (Å²) in [6.07, 6.45) is -4.84. The highest BCUT2D eigenvalue weighted by Crippen LogP contribution is 2.39. The van der Waals surface area contributed by atoms with Crippen LogP contribution in [0.2, 0.25) is 10.0 Å². The number of likely N-dealkylation sites (tertiary alicyclic amines) is 1. The first-order valence-corrected chi connectivity index (χ1v) is 10.2. The molecule has 0 saturated carbocycles. The number of ether oxygens (including phenoxy) is 1. The predicted molar refractivity (Wildman–Crippen MR) is 109 cm³/mol. The molecule has 3 rings (SSSR count). The van der Waals surface area contributed by atoms with E-state index >= 15 is 0 Å². The maximum Gasteiger partial charge on any atom is 0.417 e. The molecule has 2 N–H and O–H groups in total. The van der Waals surface area contributed by atoms with Crippen molar-refractivity contribution < 1.29 is 28.1 Å². The third-order valence-corrected chi connectivity index (χ3v) is 5.80. The van der Waals surface area contributed by atoms with Crippen molar-refractivity contribution in [2.75, 3.05) is 26.2 Å². The second-order valence-corrected chi connectivity index (χ2v) is 8.29. The van der Waals surface area contributed by atoms with Gasteiger partial charge in [0, 0.05) is 24.7 Å². The molecule has 1 saturated heterocycles. The lowest BCUT2D eigenvalue weighted by Gasteiger charge is -2.39. The minimum Gasteiger partial charge on any atom is -0.491 e. The van der Waals surface area contributed by atoms with Crippen LogP contribution in [0, 0.1) is 0 Å². The first-order chi connectivity index (χ1) is 14.1. The number of halogens is 5. The van der Waals surface area contributed by atoms with Crippen LogP contribution in [-0.4, -0.2) is 47.5 Å². The minimum absolute atomic E-state index is 0.0918. The van der Waals surface area contributed by atoms with Crippen LogP contribution in [0.25, 0.3) is 0 Å². The lowest BCUT2D eigenvalue weighted by molar-refractivity contribution is -0.137. The van der Waals surface area contributed by atoms with Gasteiger partial charge in [-0.3, -0.25) is 0 Å². The molecule has 30 heavy (non-hydrogen) atoms. The van der Waals surface area contributed by atoms with Crippen molar-refractivity contribution in [3.63, 3.8) is 0 Å². The smallest absolute Gasteiger partial charge is 0.417 e. The molecule has 2 aromatic rings. The molecule has 1 aliphatic rings. The van der Waals surface area contributed by atoms with Gasteiger partial charge in [0.05, 0.1) is 16.2 Å². The van der Waals surface area contributed by atoms with Crippen LogP contribution in [0.15, 0.2) is 42.5 Å². The minimum atomic E-state index is -4.58. The summed E-state index contributed by atoms with van der Waals surface area (Å²) < 4.78 is 44.9. The Labute approximate surface area is 182 Å². The van der Waals surface area contributed by atoms with Crippen molar-refractivity contribution >= 4 is 23.2 Å². The van der Waals surface area contributed by atoms with E-state index in [1.165, 1.54) is 12.1 Å². The zero-order chi connectivity index (χ0) is 21.9. The van der Waals surface area contributed by atoms with Crippen LogP contribution in [0.4, 0.5) is 13.2 Å². The number of rotatable bonds is 6. The molecule has 0 unspecified atom stereocenters. The van der Waals surface area contributed by atoms with Crippen molar-refractivity contribution in [3.05, 3.63) is 63.6 Å². The summed E-state index contributed by atoms with van der Waals surface area (Å²) in [7, 11) is 0. The second-order valence-electron chi connectivity index (χ2n) is 7.44. The third-order valence-electron chi connectivity index (χ3n) is 5.22. The zero-order valence-corrected chi connectivity index (χ0v) is 17.5. The van der Waals surface area contributed by atoms with Gasteiger partial charge < -0.3 is 19.8 Å². The largest absolute Gasteiger partial charge is 0.491 e. The van der Waals surface area contributed by atoms with Crippen LogP contribution in [0.1, 0.15) is 24.0 Å². The van der Waals surface area contributed by atoms with Crippen LogP contribution in [-0.2, 0) is 11.8 Å². The van der Waals surface area contributed by atoms with Gasteiger partial charge in [-0.2, -0.15) is 13.2 Å². The highest BCUT2D eigenvalue weighted by molar-refractivity contribution is 6.31. The molecule has 0 aliphatic carbocycles. The molecule has 0 bridgehead atoms. The van der Waals surface area contributed by atoms with E-state index in [0.717, 1.165) is 6.07 Å². The van der Waals surface area contributed by atoms with Crippen LogP contribution in [0.3, 0.4) is 0 Å². The average molecular weight is 464 g/mol. The SMILES string of the molecule is O[C@H](COc1ccc(Cl)cc1)CN1CCC(O)(c2ccc(Cl)c(C(F)(F)F)c2)CC1. The summed E-state index contributed by atoms with van der Waals surface area (Å²) in [5, 5.41) is 21.3. The number of aliphatic hydroxyl groups excluding tert-OH is 1. The number of piperidine rings is 1. The van der Waals surface area contributed by atoms with E-state index in [1.54, 1.807) is 24.3 Å². The summed E-state index contributed by atoms with van der Waals surface area (Å²) in [4.78, 5) is 1.95. The Morgan fingerprint density at radius 1 is 1.07 bits per heavy atom. The fraction of sp³-hybridized carbons (Fsp3) is 0.429. The summed E-state index contributed by atoms with van der Waals surface area (Å²) in [6, 6.07) is 10.3. The van der Waals surface area contributed by atoms with Crippen LogP contribution < -0.4 is 4.74 Å². The average Bonchev–Trinajstić information content (AvgIpc) is 2.69. The number of hydrogen-bond donors (Lipinski definition) is 2. The maximum absolute atomic E-state index is 13.1. The van der Waals surface area contributed by atoms with Gasteiger partial charge in [-0.1, -0.05) is 29.3 Å². The van der Waals surface area contributed by atoms with Crippen molar-refractivity contribution in [1.82, 2.24) is 4.90 Å². The molecule has 4 nitrogen and oxygen atoms in total. The molecule has 1 atom stereocenters. The quantitative estimate of drug-likeness (QED) is 0.649. The lowest BCUT2D eigenvalue weighted by atomic mass is 9.83. The Morgan fingerprint density at radius 2 is 1.70 bits per heavy atom. The van der Waals surface area contributed by atoms with E-state index in [2.05, 4.69) is 0 Å². The van der Waals surface area contributed by atoms with Gasteiger partial charge in [0.15, 0.2) is 0 Å². The first-order valence-electron chi connectivity index (χ1n) is 9.45. The predicted octanol–water partition coefficient (Wildman–Crippen LogP) is 4.74. The number of nitrogens with zero attached hydrogens (tertiary/aromatic N) is 1. The Balaban J connectivity index is 1.54. The van der Waals surface area contributed by atoms with Crippen molar-refractivity contribution in [2.45, 2.75) is 30.7 Å². The first kappa shape index (κ1) is 23.2. The van der Waals surface area contributed by atoms with Gasteiger partial charge in [0.1, 0.15) is 18.5 Å². The Morgan fingerprint density at radius 3 is 2.30 bits per heavy atom. The number of β-amino-alcohol motifs (C(OH)–C–C–N with tert-alkyl or cyclic N) is 1. The van der Waals surface area contributed by atoms with Gasteiger partial charge in [-0.15, -0.1) is 0 Å². The monoisotopic (exact) mass is 463 g/mol. The molecule has 1 heterocycles. The molecule has 0 amide bonds. The second kappa shape index (κ2) is 9.32. The van der Waals surface area contributed by atoms with E-state index in [1.807, 2.05) is 4.90 Å². The van der Waals surface area contributed by atoms with Gasteiger partial charge in [-0.25, -0.2) is 0 Å². The topological polar surface area (TPSA) is 52.9 Å². The Bertz CT molecular complexity index is 854. The summed E-state index contributed by atoms with van der Waals surface area (Å²) in [5.74, 6) is 0.592. The van der Waals surface area contributed by atoms with Crippen molar-refractivity contribution in [1.29, 1.82) is 0 Å². The fourth-order valence-corrected chi connectivity index (χ4v) is 3.85. The zero-order valence-electron chi connectivity index (χ0n) is 16.0. The standard InChI is InChI=1S/C21H22Cl2F3NO3/c22-15-2-4-17(5-3-15)30-13-16(28)12-27-9-7-20(29,8-10-27)14-1-6-19(23)18(11-14)21(24,25)26/h1-6,11,16,28-29H,7-10,12-13H2/t16-/m0/s1. The van der Waals surface area contributed by atoms with E-state index in [0.29, 0.717) is 30.4 Å². The van der Waals surface area contributed by atoms with Gasteiger partial charge in [0.25, 0.3) is 0 Å². The molecular formula is C21H22Cl2F3NO3. The van der Waals surface area contributed by atoms with E-state index in [9.17, 15) is 23.4 Å².